The molecule has 5 nitrogen and oxygen atoms in total. The average molecular weight is 341 g/mol. The number of hydrogen-bond donors (Lipinski definition) is 1. The van der Waals surface area contributed by atoms with Crippen LogP contribution in [0.5, 0.6) is 5.75 Å². The van der Waals surface area contributed by atoms with E-state index in [2.05, 4.69) is 15.9 Å². The molecule has 0 aliphatic carbocycles. The van der Waals surface area contributed by atoms with Gasteiger partial charge in [-0.1, -0.05) is 12.1 Å². The Morgan fingerprint density at radius 3 is 2.80 bits per heavy atom. The quantitative estimate of drug-likeness (QED) is 0.883. The number of likely N-dealkylation sites (tertiary alicyclic amines) is 1. The zero-order chi connectivity index (χ0) is 14.5. The van der Waals surface area contributed by atoms with Crippen LogP contribution < -0.4 is 10.5 Å². The van der Waals surface area contributed by atoms with Crippen LogP contribution in [0.2, 0.25) is 0 Å². The molecule has 6 heteroatoms. The van der Waals surface area contributed by atoms with Gasteiger partial charge >= 0.3 is 0 Å². The van der Waals surface area contributed by atoms with Crippen molar-refractivity contribution in [3.05, 3.63) is 28.7 Å². The van der Waals surface area contributed by atoms with E-state index in [0.717, 1.165) is 10.2 Å². The van der Waals surface area contributed by atoms with Gasteiger partial charge in [0.1, 0.15) is 5.75 Å². The van der Waals surface area contributed by atoms with Crippen molar-refractivity contribution in [3.63, 3.8) is 0 Å². The molecule has 1 atom stereocenters. The minimum absolute atomic E-state index is 0.000744. The number of nitrogens with two attached hydrogens (primary N) is 1. The fourth-order valence-electron chi connectivity index (χ4n) is 2.19. The van der Waals surface area contributed by atoms with Crippen molar-refractivity contribution in [2.45, 2.75) is 12.8 Å². The third-order valence-corrected chi connectivity index (χ3v) is 4.01. The monoisotopic (exact) mass is 340 g/mol. The van der Waals surface area contributed by atoms with Gasteiger partial charge in [-0.15, -0.1) is 0 Å². The lowest BCUT2D eigenvalue weighted by atomic mass is 10.1. The van der Waals surface area contributed by atoms with Gasteiger partial charge in [0.25, 0.3) is 0 Å². The fraction of sp³-hybridized carbons (Fsp3) is 0.429. The van der Waals surface area contributed by atoms with Crippen molar-refractivity contribution in [3.8, 4) is 5.75 Å². The number of benzene rings is 1. The summed E-state index contributed by atoms with van der Waals surface area (Å²) in [5.41, 5.74) is 5.25. The molecule has 0 spiro atoms. The predicted molar refractivity (Wildman–Crippen MR) is 78.1 cm³/mol. The fourth-order valence-corrected chi connectivity index (χ4v) is 2.59. The molecule has 20 heavy (non-hydrogen) atoms. The standard InChI is InChI=1S/C14H17BrN2O3/c15-11-3-1-2-4-12(11)20-8-6-13(18)17-7-5-10(9-17)14(16)19/h1-4,10H,5-9H2,(H2,16,19)/t10-/m0/s1. The smallest absolute Gasteiger partial charge is 0.226 e. The molecule has 0 radical (unpaired) electrons. The maximum atomic E-state index is 12.0. The average Bonchev–Trinajstić information content (AvgIpc) is 2.91. The predicted octanol–water partition coefficient (Wildman–Crippen LogP) is 1.55. The highest BCUT2D eigenvalue weighted by Crippen LogP contribution is 2.24. The SMILES string of the molecule is NC(=O)[C@H]1CCN(C(=O)CCOc2ccccc2Br)C1. The Morgan fingerprint density at radius 1 is 1.40 bits per heavy atom. The Morgan fingerprint density at radius 2 is 2.15 bits per heavy atom. The number of para-hydroxylation sites is 1. The molecule has 1 aromatic rings. The van der Waals surface area contributed by atoms with Crippen molar-refractivity contribution in [2.24, 2.45) is 11.7 Å². The Bertz CT molecular complexity index is 507. The molecular weight excluding hydrogens is 324 g/mol. The van der Waals surface area contributed by atoms with E-state index in [9.17, 15) is 9.59 Å². The zero-order valence-corrected chi connectivity index (χ0v) is 12.6. The summed E-state index contributed by atoms with van der Waals surface area (Å²) in [6, 6.07) is 7.50. The molecule has 1 heterocycles. The van der Waals surface area contributed by atoms with Crippen molar-refractivity contribution in [1.29, 1.82) is 0 Å². The molecule has 1 aromatic carbocycles. The lowest BCUT2D eigenvalue weighted by Gasteiger charge is -2.16. The minimum Gasteiger partial charge on any atom is -0.492 e. The number of rotatable bonds is 5. The second-order valence-corrected chi connectivity index (χ2v) is 5.61. The van der Waals surface area contributed by atoms with Crippen molar-refractivity contribution in [1.82, 2.24) is 4.90 Å². The highest BCUT2D eigenvalue weighted by atomic mass is 79.9. The summed E-state index contributed by atoms with van der Waals surface area (Å²) in [6.07, 6.45) is 0.957. The number of primary amides is 1. The Kier molecular flexibility index (Phi) is 5.00. The van der Waals surface area contributed by atoms with Crippen LogP contribution in [-0.2, 0) is 9.59 Å². The molecule has 0 bridgehead atoms. The van der Waals surface area contributed by atoms with E-state index in [0.29, 0.717) is 32.5 Å². The molecule has 0 aromatic heterocycles. The number of ether oxygens (including phenoxy) is 1. The number of hydrogen-bond acceptors (Lipinski definition) is 3. The van der Waals surface area contributed by atoms with Gasteiger partial charge in [0, 0.05) is 13.1 Å². The molecule has 1 aliphatic rings. The summed E-state index contributed by atoms with van der Waals surface area (Å²) in [4.78, 5) is 24.7. The van der Waals surface area contributed by atoms with Crippen LogP contribution in [0.3, 0.4) is 0 Å². The van der Waals surface area contributed by atoms with E-state index in [1.165, 1.54) is 0 Å². The molecule has 2 amide bonds. The van der Waals surface area contributed by atoms with Crippen LogP contribution in [0.15, 0.2) is 28.7 Å². The summed E-state index contributed by atoms with van der Waals surface area (Å²) in [7, 11) is 0. The Balaban J connectivity index is 1.76. The first-order valence-corrected chi connectivity index (χ1v) is 7.31. The summed E-state index contributed by atoms with van der Waals surface area (Å²) in [5, 5.41) is 0. The van der Waals surface area contributed by atoms with Crippen LogP contribution in [0, 0.1) is 5.92 Å². The highest BCUT2D eigenvalue weighted by Gasteiger charge is 2.29. The summed E-state index contributed by atoms with van der Waals surface area (Å²) in [6.45, 7) is 1.35. The second kappa shape index (κ2) is 6.74. The topological polar surface area (TPSA) is 72.6 Å². The molecule has 2 N–H and O–H groups in total. The Labute approximate surface area is 126 Å². The molecule has 2 rings (SSSR count). The summed E-state index contributed by atoms with van der Waals surface area (Å²) >= 11 is 3.38. The first-order valence-electron chi connectivity index (χ1n) is 6.52. The van der Waals surface area contributed by atoms with Gasteiger partial charge < -0.3 is 15.4 Å². The van der Waals surface area contributed by atoms with Gasteiger partial charge in [-0.2, -0.15) is 0 Å². The van der Waals surface area contributed by atoms with E-state index in [4.69, 9.17) is 10.5 Å². The van der Waals surface area contributed by atoms with Crippen LogP contribution in [0.4, 0.5) is 0 Å². The summed E-state index contributed by atoms with van der Waals surface area (Å²) in [5.74, 6) is 0.186. The molecule has 1 aliphatic heterocycles. The first-order chi connectivity index (χ1) is 9.58. The van der Waals surface area contributed by atoms with Crippen LogP contribution in [0.25, 0.3) is 0 Å². The molecule has 108 valence electrons. The molecule has 0 saturated carbocycles. The van der Waals surface area contributed by atoms with E-state index in [1.54, 1.807) is 4.90 Å². The molecule has 1 saturated heterocycles. The van der Waals surface area contributed by atoms with Crippen molar-refractivity contribution >= 4 is 27.7 Å². The zero-order valence-electron chi connectivity index (χ0n) is 11.0. The first kappa shape index (κ1) is 14.8. The van der Waals surface area contributed by atoms with Crippen molar-refractivity contribution < 1.29 is 14.3 Å². The number of nitrogens with zero attached hydrogens (tertiary/aromatic N) is 1. The minimum atomic E-state index is -0.329. The van der Waals surface area contributed by atoms with E-state index in [-0.39, 0.29) is 17.7 Å². The lowest BCUT2D eigenvalue weighted by Crippen LogP contribution is -2.32. The van der Waals surface area contributed by atoms with E-state index >= 15 is 0 Å². The Hall–Kier alpha value is -1.56. The third kappa shape index (κ3) is 3.72. The van der Waals surface area contributed by atoms with Gasteiger partial charge in [0.05, 0.1) is 23.4 Å². The van der Waals surface area contributed by atoms with Crippen molar-refractivity contribution in [2.75, 3.05) is 19.7 Å². The second-order valence-electron chi connectivity index (χ2n) is 4.76. The van der Waals surface area contributed by atoms with Gasteiger partial charge in [0.15, 0.2) is 0 Å². The summed E-state index contributed by atoms with van der Waals surface area (Å²) < 4.78 is 6.42. The number of amides is 2. The van der Waals surface area contributed by atoms with Crippen LogP contribution in [-0.4, -0.2) is 36.4 Å². The van der Waals surface area contributed by atoms with Gasteiger partial charge in [-0.05, 0) is 34.5 Å². The number of carbonyl (C=O) groups is 2. The normalized spacial score (nSPS) is 18.1. The maximum absolute atomic E-state index is 12.0. The van der Waals surface area contributed by atoms with Gasteiger partial charge in [-0.25, -0.2) is 0 Å². The molecular formula is C14H17BrN2O3. The van der Waals surface area contributed by atoms with Crippen LogP contribution >= 0.6 is 15.9 Å². The van der Waals surface area contributed by atoms with E-state index < -0.39 is 0 Å². The van der Waals surface area contributed by atoms with Gasteiger partial charge in [-0.3, -0.25) is 9.59 Å². The number of halogens is 1. The molecule has 1 fully saturated rings. The number of carbonyl (C=O) groups excluding carboxylic acids is 2. The van der Waals surface area contributed by atoms with Gasteiger partial charge in [0.2, 0.25) is 11.8 Å². The molecule has 0 unspecified atom stereocenters. The lowest BCUT2D eigenvalue weighted by molar-refractivity contribution is -0.131. The van der Waals surface area contributed by atoms with E-state index in [1.807, 2.05) is 24.3 Å². The maximum Gasteiger partial charge on any atom is 0.226 e. The third-order valence-electron chi connectivity index (χ3n) is 3.35. The largest absolute Gasteiger partial charge is 0.492 e. The highest BCUT2D eigenvalue weighted by molar-refractivity contribution is 9.10. The van der Waals surface area contributed by atoms with Crippen LogP contribution in [0.1, 0.15) is 12.8 Å².